The summed E-state index contributed by atoms with van der Waals surface area (Å²) >= 11 is 0. The molecule has 5 nitrogen and oxygen atoms in total. The second-order valence-electron chi connectivity index (χ2n) is 24.7. The molecule has 1 atom stereocenters. The molecule has 7 rings (SSSR count). The van der Waals surface area contributed by atoms with E-state index in [1.165, 1.54) is 92.0 Å². The number of phenolic OH excluding ortho intramolecular Hbond substituents is 5. The number of phenols is 5. The molecule has 0 aromatic heterocycles. The Hall–Kier alpha value is -4.90. The number of rotatable bonds is 9. The standard InChI is InChI=1S/C37H52O3.C27H36O2/c1-21(25-18-29(35(5,6)7)32(38)15-22(25)2)14-28(26-19-30(36(8,9)10)33(39)16-23(26)3)27-20-31(37(11,12)13)34(40)17-24(27)4;1-18-13-22(26(28)24(15-18)20-9-5-3-6-10-20)17-23-14-19(2)16-25(27(23)29)21-11-7-4-8-12-21/h15-21,28,38-40H,14H2,1-13H3;13-16,20-21,28-29H,3-12,17H2,1-2H3. The summed E-state index contributed by atoms with van der Waals surface area (Å²) in [6.45, 7) is 32.0. The first-order valence-corrected chi connectivity index (χ1v) is 26.3. The lowest BCUT2D eigenvalue weighted by molar-refractivity contribution is 0.408. The third-order valence-corrected chi connectivity index (χ3v) is 15.6. The zero-order valence-corrected chi connectivity index (χ0v) is 45.3. The molecular weight excluding hydrogens is 849 g/mol. The van der Waals surface area contributed by atoms with Crippen molar-refractivity contribution < 1.29 is 25.5 Å². The Morgan fingerprint density at radius 2 is 0.754 bits per heavy atom. The summed E-state index contributed by atoms with van der Waals surface area (Å²) in [5.74, 6) is 3.15. The number of aromatic hydroxyl groups is 5. The highest BCUT2D eigenvalue weighted by molar-refractivity contribution is 5.55. The summed E-state index contributed by atoms with van der Waals surface area (Å²) in [7, 11) is 0. The van der Waals surface area contributed by atoms with Gasteiger partial charge in [-0.3, -0.25) is 0 Å². The molecule has 5 aromatic rings. The largest absolute Gasteiger partial charge is 0.508 e. The molecule has 0 heterocycles. The van der Waals surface area contributed by atoms with Crippen molar-refractivity contribution in [2.45, 2.75) is 221 Å². The van der Waals surface area contributed by atoms with Crippen LogP contribution >= 0.6 is 0 Å². The van der Waals surface area contributed by atoms with Gasteiger partial charge in [0.1, 0.15) is 28.7 Å². The lowest BCUT2D eigenvalue weighted by Crippen LogP contribution is -2.17. The van der Waals surface area contributed by atoms with Crippen LogP contribution in [0.2, 0.25) is 0 Å². The third-order valence-electron chi connectivity index (χ3n) is 15.6. The third kappa shape index (κ3) is 12.5. The molecule has 69 heavy (non-hydrogen) atoms. The van der Waals surface area contributed by atoms with Crippen LogP contribution in [0.4, 0.5) is 0 Å². The predicted octanol–water partition coefficient (Wildman–Crippen LogP) is 17.3. The van der Waals surface area contributed by atoms with E-state index in [0.29, 0.717) is 47.0 Å². The molecule has 0 spiro atoms. The van der Waals surface area contributed by atoms with Gasteiger partial charge in [0, 0.05) is 12.3 Å². The van der Waals surface area contributed by atoms with Crippen LogP contribution in [0.3, 0.4) is 0 Å². The van der Waals surface area contributed by atoms with E-state index in [-0.39, 0.29) is 28.1 Å². The first-order chi connectivity index (χ1) is 32.1. The molecule has 5 aromatic carbocycles. The molecule has 0 aliphatic heterocycles. The first-order valence-electron chi connectivity index (χ1n) is 26.3. The maximum atomic E-state index is 11.1. The maximum Gasteiger partial charge on any atom is 0.122 e. The number of hydrogen-bond acceptors (Lipinski definition) is 5. The minimum Gasteiger partial charge on any atom is -0.508 e. The van der Waals surface area contributed by atoms with Gasteiger partial charge in [0.25, 0.3) is 0 Å². The van der Waals surface area contributed by atoms with Crippen molar-refractivity contribution in [2.75, 3.05) is 0 Å². The Morgan fingerprint density at radius 1 is 0.435 bits per heavy atom. The van der Waals surface area contributed by atoms with Gasteiger partial charge in [-0.1, -0.05) is 161 Å². The number of aryl methyl sites for hydroxylation is 5. The lowest BCUT2D eigenvalue weighted by Gasteiger charge is -2.31. The quantitative estimate of drug-likeness (QED) is 0.101. The molecule has 2 aliphatic rings. The van der Waals surface area contributed by atoms with E-state index in [1.807, 2.05) is 18.2 Å². The van der Waals surface area contributed by atoms with Crippen LogP contribution in [0.1, 0.15) is 247 Å². The number of hydrogen-bond donors (Lipinski definition) is 5. The average Bonchev–Trinajstić information content (AvgIpc) is 3.25. The van der Waals surface area contributed by atoms with Crippen LogP contribution < -0.4 is 0 Å². The van der Waals surface area contributed by atoms with Crippen molar-refractivity contribution in [3.05, 3.63) is 144 Å². The molecule has 1 unspecified atom stereocenters. The molecule has 0 saturated heterocycles. The van der Waals surface area contributed by atoms with Crippen molar-refractivity contribution in [3.63, 3.8) is 0 Å². The van der Waals surface area contributed by atoms with Crippen molar-refractivity contribution in [1.29, 1.82) is 0 Å². The molecule has 5 N–H and O–H groups in total. The molecule has 0 amide bonds. The minimum atomic E-state index is -0.210. The molecule has 0 bridgehead atoms. The molecule has 2 fully saturated rings. The highest BCUT2D eigenvalue weighted by Gasteiger charge is 2.31. The fourth-order valence-electron chi connectivity index (χ4n) is 11.8. The zero-order chi connectivity index (χ0) is 50.9. The summed E-state index contributed by atoms with van der Waals surface area (Å²) in [4.78, 5) is 0. The zero-order valence-electron chi connectivity index (χ0n) is 45.3. The summed E-state index contributed by atoms with van der Waals surface area (Å²) in [6.07, 6.45) is 13.8. The average molecular weight is 937 g/mol. The van der Waals surface area contributed by atoms with Crippen molar-refractivity contribution in [2.24, 2.45) is 0 Å². The molecule has 5 heteroatoms. The van der Waals surface area contributed by atoms with E-state index in [9.17, 15) is 25.5 Å². The highest BCUT2D eigenvalue weighted by Crippen LogP contribution is 2.47. The molecule has 2 aliphatic carbocycles. The van der Waals surface area contributed by atoms with E-state index >= 15 is 0 Å². The lowest BCUT2D eigenvalue weighted by atomic mass is 9.74. The van der Waals surface area contributed by atoms with Crippen LogP contribution in [-0.4, -0.2) is 25.5 Å². The van der Waals surface area contributed by atoms with Gasteiger partial charge in [-0.2, -0.15) is 0 Å². The minimum absolute atomic E-state index is 0.0460. The van der Waals surface area contributed by atoms with Crippen LogP contribution in [0.15, 0.2) is 60.7 Å². The van der Waals surface area contributed by atoms with Crippen molar-refractivity contribution >= 4 is 0 Å². The maximum absolute atomic E-state index is 11.1. The monoisotopic (exact) mass is 937 g/mol. The summed E-state index contributed by atoms with van der Waals surface area (Å²) in [6, 6.07) is 20.9. The summed E-state index contributed by atoms with van der Waals surface area (Å²) in [5.41, 5.74) is 15.7. The van der Waals surface area contributed by atoms with Crippen LogP contribution in [0.25, 0.3) is 0 Å². The smallest absolute Gasteiger partial charge is 0.122 e. The van der Waals surface area contributed by atoms with Gasteiger partial charge < -0.3 is 25.5 Å². The first kappa shape index (κ1) is 53.5. The highest BCUT2D eigenvalue weighted by atomic mass is 16.3. The molecule has 2 saturated carbocycles. The molecule has 374 valence electrons. The Morgan fingerprint density at radius 3 is 1.09 bits per heavy atom. The predicted molar refractivity (Wildman–Crippen MR) is 290 cm³/mol. The summed E-state index contributed by atoms with van der Waals surface area (Å²) < 4.78 is 0. The summed E-state index contributed by atoms with van der Waals surface area (Å²) in [5, 5.41) is 54.8. The van der Waals surface area contributed by atoms with Gasteiger partial charge in [0.2, 0.25) is 0 Å². The van der Waals surface area contributed by atoms with E-state index in [1.54, 1.807) is 0 Å². The van der Waals surface area contributed by atoms with E-state index < -0.39 is 0 Å². The fraction of sp³-hybridized carbons (Fsp3) is 0.531. The van der Waals surface area contributed by atoms with Gasteiger partial charge in [0.15, 0.2) is 0 Å². The Labute approximate surface area is 417 Å². The van der Waals surface area contributed by atoms with Gasteiger partial charge in [-0.05, 0) is 191 Å². The fourth-order valence-corrected chi connectivity index (χ4v) is 11.8. The van der Waals surface area contributed by atoms with E-state index in [4.69, 9.17) is 0 Å². The van der Waals surface area contributed by atoms with Gasteiger partial charge in [-0.25, -0.2) is 0 Å². The van der Waals surface area contributed by atoms with Gasteiger partial charge in [0.05, 0.1) is 0 Å². The van der Waals surface area contributed by atoms with Crippen molar-refractivity contribution in [1.82, 2.24) is 0 Å². The Balaban J connectivity index is 0.000000238. The van der Waals surface area contributed by atoms with Crippen LogP contribution in [0.5, 0.6) is 28.7 Å². The van der Waals surface area contributed by atoms with Gasteiger partial charge >= 0.3 is 0 Å². The van der Waals surface area contributed by atoms with Crippen LogP contribution in [-0.2, 0) is 22.7 Å². The second-order valence-corrected chi connectivity index (χ2v) is 24.7. The molecular formula is C64H88O5. The Bertz CT molecular complexity index is 2460. The topological polar surface area (TPSA) is 101 Å². The second kappa shape index (κ2) is 21.2. The van der Waals surface area contributed by atoms with Gasteiger partial charge in [-0.15, -0.1) is 0 Å². The van der Waals surface area contributed by atoms with E-state index in [2.05, 4.69) is 146 Å². The molecule has 0 radical (unpaired) electrons. The normalized spacial score (nSPS) is 15.8. The van der Waals surface area contributed by atoms with Crippen molar-refractivity contribution in [3.8, 4) is 28.7 Å². The van der Waals surface area contributed by atoms with Crippen LogP contribution in [0, 0.1) is 34.6 Å². The van der Waals surface area contributed by atoms with E-state index in [0.717, 1.165) is 62.1 Å². The number of benzene rings is 5. The SMILES string of the molecule is Cc1cc(Cc2cc(C)cc(C3CCCCC3)c2O)c(O)c(C2CCCCC2)c1.Cc1cc(O)c(C(C)(C)C)cc1C(C)CC(c1cc(C(C)(C)C)c(O)cc1C)c1cc(C(C)(C)C)c(O)cc1C. The Kier molecular flexibility index (Phi) is 16.4.